The fraction of sp³-hybridized carbons (Fsp3) is 0.350. The fourth-order valence-electron chi connectivity index (χ4n) is 3.10. The Morgan fingerprint density at radius 2 is 2.03 bits per heavy atom. The molecule has 1 aliphatic heterocycles. The first-order valence-corrected chi connectivity index (χ1v) is 9.98. The Morgan fingerprint density at radius 3 is 2.76 bits per heavy atom. The second kappa shape index (κ2) is 9.62. The molecule has 0 radical (unpaired) electrons. The molecule has 9 heteroatoms. The Morgan fingerprint density at radius 1 is 1.24 bits per heavy atom. The van der Waals surface area contributed by atoms with E-state index in [-0.39, 0.29) is 24.9 Å². The SMILES string of the molecule is O=C(COC(=O)C1CC(O)CN1C(=O)Cc1ccccc1F)NCc1cccs1. The number of likely N-dealkylation sites (tertiary alicyclic amines) is 1. The lowest BCUT2D eigenvalue weighted by Gasteiger charge is -2.23. The van der Waals surface area contributed by atoms with E-state index in [4.69, 9.17) is 4.74 Å². The highest BCUT2D eigenvalue weighted by atomic mass is 32.1. The molecule has 2 N–H and O–H groups in total. The molecule has 1 fully saturated rings. The normalized spacial score (nSPS) is 18.5. The van der Waals surface area contributed by atoms with Gasteiger partial charge in [0.1, 0.15) is 11.9 Å². The molecule has 2 atom stereocenters. The van der Waals surface area contributed by atoms with E-state index in [1.165, 1.54) is 34.4 Å². The maximum Gasteiger partial charge on any atom is 0.329 e. The van der Waals surface area contributed by atoms with E-state index in [1.807, 2.05) is 17.5 Å². The number of ether oxygens (including phenoxy) is 1. The van der Waals surface area contributed by atoms with Crippen molar-refractivity contribution in [2.75, 3.05) is 13.2 Å². The number of halogens is 1. The second-order valence-corrected chi connectivity index (χ2v) is 7.72. The summed E-state index contributed by atoms with van der Waals surface area (Å²) >= 11 is 1.49. The van der Waals surface area contributed by atoms with Gasteiger partial charge < -0.3 is 20.1 Å². The van der Waals surface area contributed by atoms with Crippen molar-refractivity contribution in [2.45, 2.75) is 31.5 Å². The van der Waals surface area contributed by atoms with Crippen molar-refractivity contribution in [3.05, 3.63) is 58.0 Å². The molecular formula is C20H21FN2O5S. The van der Waals surface area contributed by atoms with E-state index in [1.54, 1.807) is 6.07 Å². The summed E-state index contributed by atoms with van der Waals surface area (Å²) in [5.74, 6) is -2.23. The van der Waals surface area contributed by atoms with Gasteiger partial charge in [0.2, 0.25) is 5.91 Å². The molecule has 0 bridgehead atoms. The topological polar surface area (TPSA) is 95.9 Å². The van der Waals surface area contributed by atoms with Crippen LogP contribution >= 0.6 is 11.3 Å². The van der Waals surface area contributed by atoms with Crippen molar-refractivity contribution in [2.24, 2.45) is 0 Å². The summed E-state index contributed by atoms with van der Waals surface area (Å²) in [5, 5.41) is 14.4. The van der Waals surface area contributed by atoms with Crippen LogP contribution in [0.2, 0.25) is 0 Å². The number of amides is 2. The zero-order chi connectivity index (χ0) is 20.8. The molecule has 1 aromatic carbocycles. The first-order chi connectivity index (χ1) is 13.9. The number of carbonyl (C=O) groups is 3. The summed E-state index contributed by atoms with van der Waals surface area (Å²) in [6.07, 6.45) is -1.10. The van der Waals surface area contributed by atoms with Crippen molar-refractivity contribution >= 4 is 29.1 Å². The van der Waals surface area contributed by atoms with Crippen molar-refractivity contribution < 1.29 is 28.6 Å². The third-order valence-corrected chi connectivity index (χ3v) is 5.43. The van der Waals surface area contributed by atoms with Gasteiger partial charge in [-0.1, -0.05) is 24.3 Å². The molecule has 154 valence electrons. The van der Waals surface area contributed by atoms with Crippen molar-refractivity contribution in [3.63, 3.8) is 0 Å². The monoisotopic (exact) mass is 420 g/mol. The van der Waals surface area contributed by atoms with Gasteiger partial charge in [-0.25, -0.2) is 9.18 Å². The fourth-order valence-corrected chi connectivity index (χ4v) is 3.75. The van der Waals surface area contributed by atoms with Gasteiger partial charge >= 0.3 is 5.97 Å². The van der Waals surface area contributed by atoms with Crippen LogP contribution < -0.4 is 5.32 Å². The van der Waals surface area contributed by atoms with Crippen LogP contribution in [0.1, 0.15) is 16.9 Å². The Kier molecular flexibility index (Phi) is 6.95. The van der Waals surface area contributed by atoms with Crippen LogP contribution in [0, 0.1) is 5.82 Å². The highest BCUT2D eigenvalue weighted by molar-refractivity contribution is 7.09. The van der Waals surface area contributed by atoms with Crippen LogP contribution in [0.4, 0.5) is 4.39 Å². The van der Waals surface area contributed by atoms with E-state index in [9.17, 15) is 23.9 Å². The average Bonchev–Trinajstić information content (AvgIpc) is 3.35. The van der Waals surface area contributed by atoms with Gasteiger partial charge in [0.25, 0.3) is 5.91 Å². The number of esters is 1. The number of hydrogen-bond acceptors (Lipinski definition) is 6. The van der Waals surface area contributed by atoms with Crippen molar-refractivity contribution in [3.8, 4) is 0 Å². The number of aliphatic hydroxyl groups is 1. The lowest BCUT2D eigenvalue weighted by atomic mass is 10.1. The Hall–Kier alpha value is -2.78. The summed E-state index contributed by atoms with van der Waals surface area (Å²) in [7, 11) is 0. The van der Waals surface area contributed by atoms with Crippen molar-refractivity contribution in [1.29, 1.82) is 0 Å². The Balaban J connectivity index is 1.53. The predicted molar refractivity (Wildman–Crippen MR) is 103 cm³/mol. The molecule has 0 saturated carbocycles. The number of hydrogen-bond donors (Lipinski definition) is 2. The van der Waals surface area contributed by atoms with Gasteiger partial charge in [0, 0.05) is 17.8 Å². The Labute approximate surface area is 171 Å². The maximum atomic E-state index is 13.8. The molecule has 3 rings (SSSR count). The molecule has 7 nitrogen and oxygen atoms in total. The van der Waals surface area contributed by atoms with Gasteiger partial charge in [-0.2, -0.15) is 0 Å². The number of benzene rings is 1. The Bertz CT molecular complexity index is 874. The third-order valence-electron chi connectivity index (χ3n) is 4.56. The summed E-state index contributed by atoms with van der Waals surface area (Å²) in [5.41, 5.74) is 0.207. The molecule has 0 spiro atoms. The largest absolute Gasteiger partial charge is 0.454 e. The molecule has 1 aromatic heterocycles. The van der Waals surface area contributed by atoms with Gasteiger partial charge in [0.15, 0.2) is 6.61 Å². The summed E-state index contributed by atoms with van der Waals surface area (Å²) in [6.45, 7) is -0.187. The lowest BCUT2D eigenvalue weighted by molar-refractivity contribution is -0.156. The maximum absolute atomic E-state index is 13.8. The molecule has 0 aliphatic carbocycles. The molecule has 29 heavy (non-hydrogen) atoms. The summed E-state index contributed by atoms with van der Waals surface area (Å²) in [6, 6.07) is 8.61. The molecule has 1 saturated heterocycles. The van der Waals surface area contributed by atoms with Gasteiger partial charge in [-0.05, 0) is 23.1 Å². The highest BCUT2D eigenvalue weighted by Crippen LogP contribution is 2.21. The van der Waals surface area contributed by atoms with Crippen LogP contribution in [-0.4, -0.2) is 53.1 Å². The molecule has 2 heterocycles. The van der Waals surface area contributed by atoms with E-state index in [0.29, 0.717) is 6.54 Å². The van der Waals surface area contributed by atoms with E-state index in [2.05, 4.69) is 5.32 Å². The predicted octanol–water partition coefficient (Wildman–Crippen LogP) is 1.25. The molecule has 2 aromatic rings. The number of aliphatic hydroxyl groups excluding tert-OH is 1. The first-order valence-electron chi connectivity index (χ1n) is 9.10. The lowest BCUT2D eigenvalue weighted by Crippen LogP contribution is -2.43. The van der Waals surface area contributed by atoms with Crippen molar-refractivity contribution in [1.82, 2.24) is 10.2 Å². The number of thiophene rings is 1. The smallest absolute Gasteiger partial charge is 0.329 e. The average molecular weight is 420 g/mol. The van der Waals surface area contributed by atoms with E-state index in [0.717, 1.165) is 4.88 Å². The quantitative estimate of drug-likeness (QED) is 0.658. The molecular weight excluding hydrogens is 399 g/mol. The standard InChI is InChI=1S/C20H21FN2O5S/c21-16-6-2-1-4-13(16)8-19(26)23-11-14(24)9-17(23)20(27)28-12-18(25)22-10-15-5-3-7-29-15/h1-7,14,17,24H,8-12H2,(H,22,25). The van der Waals surface area contributed by atoms with Gasteiger partial charge in [-0.3, -0.25) is 9.59 Å². The number of β-amino-alcohol motifs (C(OH)–C–C–N with tert-alkyl or cyclic N) is 1. The highest BCUT2D eigenvalue weighted by Gasteiger charge is 2.40. The number of rotatable bonds is 7. The molecule has 1 aliphatic rings. The zero-order valence-electron chi connectivity index (χ0n) is 15.5. The zero-order valence-corrected chi connectivity index (χ0v) is 16.4. The van der Waals surface area contributed by atoms with Crippen LogP contribution in [0.15, 0.2) is 41.8 Å². The number of carbonyl (C=O) groups excluding carboxylic acids is 3. The van der Waals surface area contributed by atoms with Gasteiger partial charge in [-0.15, -0.1) is 11.3 Å². The second-order valence-electron chi connectivity index (χ2n) is 6.68. The molecule has 2 amide bonds. The first kappa shape index (κ1) is 20.9. The van der Waals surface area contributed by atoms with Crippen LogP contribution in [0.25, 0.3) is 0 Å². The number of nitrogens with one attached hydrogen (secondary N) is 1. The van der Waals surface area contributed by atoms with E-state index >= 15 is 0 Å². The van der Waals surface area contributed by atoms with Crippen LogP contribution in [-0.2, 0) is 32.1 Å². The van der Waals surface area contributed by atoms with E-state index < -0.39 is 42.4 Å². The third kappa shape index (κ3) is 5.61. The molecule has 2 unspecified atom stereocenters. The van der Waals surface area contributed by atoms with Crippen LogP contribution in [0.3, 0.4) is 0 Å². The summed E-state index contributed by atoms with van der Waals surface area (Å²) in [4.78, 5) is 39.0. The summed E-state index contributed by atoms with van der Waals surface area (Å²) < 4.78 is 18.8. The minimum absolute atomic E-state index is 0.0126. The number of nitrogens with zero attached hydrogens (tertiary/aromatic N) is 1. The van der Waals surface area contributed by atoms with Gasteiger partial charge in [0.05, 0.1) is 19.1 Å². The minimum Gasteiger partial charge on any atom is -0.454 e. The van der Waals surface area contributed by atoms with Crippen LogP contribution in [0.5, 0.6) is 0 Å². The minimum atomic E-state index is -1.01.